The quantitative estimate of drug-likeness (QED) is 0.833. The maximum atomic E-state index is 13.7. The van der Waals surface area contributed by atoms with Gasteiger partial charge in [-0.25, -0.2) is 4.39 Å². The van der Waals surface area contributed by atoms with Crippen molar-refractivity contribution in [2.24, 2.45) is 0 Å². The van der Waals surface area contributed by atoms with Gasteiger partial charge in [0.05, 0.1) is 17.3 Å². The molecular formula is C12H15ClFN3. The van der Waals surface area contributed by atoms with Crippen LogP contribution >= 0.6 is 12.4 Å². The van der Waals surface area contributed by atoms with E-state index in [0.29, 0.717) is 17.3 Å². The number of nitriles is 1. The van der Waals surface area contributed by atoms with E-state index < -0.39 is 0 Å². The van der Waals surface area contributed by atoms with E-state index in [0.717, 1.165) is 19.6 Å². The first-order valence-corrected chi connectivity index (χ1v) is 5.38. The van der Waals surface area contributed by atoms with E-state index in [9.17, 15) is 4.39 Å². The summed E-state index contributed by atoms with van der Waals surface area (Å²) in [5.41, 5.74) is 0.955. The molecule has 1 aliphatic heterocycles. The van der Waals surface area contributed by atoms with Gasteiger partial charge in [-0.1, -0.05) is 0 Å². The van der Waals surface area contributed by atoms with Crippen molar-refractivity contribution in [3.63, 3.8) is 0 Å². The topological polar surface area (TPSA) is 39.1 Å². The van der Waals surface area contributed by atoms with Gasteiger partial charge < -0.3 is 10.2 Å². The SMILES string of the molecule is CC1CN(c2ccc(C#N)cc2F)CCN1.Cl. The summed E-state index contributed by atoms with van der Waals surface area (Å²) in [6, 6.07) is 6.94. The highest BCUT2D eigenvalue weighted by Crippen LogP contribution is 2.21. The molecule has 5 heteroatoms. The minimum Gasteiger partial charge on any atom is -0.366 e. The van der Waals surface area contributed by atoms with Crippen LogP contribution < -0.4 is 10.2 Å². The van der Waals surface area contributed by atoms with E-state index >= 15 is 0 Å². The Hall–Kier alpha value is -1.31. The molecule has 2 rings (SSSR count). The smallest absolute Gasteiger partial charge is 0.147 e. The second-order valence-electron chi connectivity index (χ2n) is 4.08. The summed E-state index contributed by atoms with van der Waals surface area (Å²) in [6.45, 7) is 4.53. The van der Waals surface area contributed by atoms with Crippen LogP contribution in [-0.4, -0.2) is 25.7 Å². The number of nitrogens with zero attached hydrogens (tertiary/aromatic N) is 2. The lowest BCUT2D eigenvalue weighted by atomic mass is 10.1. The van der Waals surface area contributed by atoms with E-state index in [-0.39, 0.29) is 18.2 Å². The van der Waals surface area contributed by atoms with Gasteiger partial charge in [0.15, 0.2) is 0 Å². The minimum absolute atomic E-state index is 0. The Labute approximate surface area is 107 Å². The van der Waals surface area contributed by atoms with Crippen molar-refractivity contribution in [2.75, 3.05) is 24.5 Å². The Balaban J connectivity index is 0.00000144. The zero-order valence-electron chi connectivity index (χ0n) is 9.61. The van der Waals surface area contributed by atoms with E-state index in [2.05, 4.69) is 12.2 Å². The average molecular weight is 256 g/mol. The first-order valence-electron chi connectivity index (χ1n) is 5.38. The number of hydrogen-bond donors (Lipinski definition) is 1. The summed E-state index contributed by atoms with van der Waals surface area (Å²) >= 11 is 0. The summed E-state index contributed by atoms with van der Waals surface area (Å²) < 4.78 is 13.7. The molecule has 1 fully saturated rings. The van der Waals surface area contributed by atoms with Gasteiger partial charge in [0.25, 0.3) is 0 Å². The molecule has 1 aromatic carbocycles. The van der Waals surface area contributed by atoms with E-state index in [4.69, 9.17) is 5.26 Å². The minimum atomic E-state index is -0.312. The summed E-state index contributed by atoms with van der Waals surface area (Å²) in [4.78, 5) is 2.01. The van der Waals surface area contributed by atoms with Crippen molar-refractivity contribution in [1.82, 2.24) is 5.32 Å². The normalized spacial score (nSPS) is 19.4. The van der Waals surface area contributed by atoms with Crippen LogP contribution in [0, 0.1) is 17.1 Å². The van der Waals surface area contributed by atoms with Gasteiger partial charge in [0.1, 0.15) is 5.82 Å². The Morgan fingerprint density at radius 3 is 2.88 bits per heavy atom. The molecule has 1 atom stereocenters. The van der Waals surface area contributed by atoms with Crippen LogP contribution in [0.5, 0.6) is 0 Å². The second-order valence-corrected chi connectivity index (χ2v) is 4.08. The van der Waals surface area contributed by atoms with Gasteiger partial charge in [-0.2, -0.15) is 5.26 Å². The Kier molecular flexibility index (Phi) is 4.73. The second kappa shape index (κ2) is 5.85. The number of piperazine rings is 1. The third-order valence-corrected chi connectivity index (χ3v) is 2.79. The summed E-state index contributed by atoms with van der Waals surface area (Å²) in [5, 5.41) is 12.0. The fraction of sp³-hybridized carbons (Fsp3) is 0.417. The zero-order chi connectivity index (χ0) is 11.5. The molecule has 1 heterocycles. The fourth-order valence-corrected chi connectivity index (χ4v) is 1.98. The lowest BCUT2D eigenvalue weighted by Crippen LogP contribution is -2.49. The number of rotatable bonds is 1. The molecule has 0 radical (unpaired) electrons. The molecule has 3 nitrogen and oxygen atoms in total. The van der Waals surface area contributed by atoms with Crippen LogP contribution in [0.3, 0.4) is 0 Å². The number of halogens is 2. The highest BCUT2D eigenvalue weighted by Gasteiger charge is 2.18. The number of benzene rings is 1. The molecule has 1 saturated heterocycles. The lowest BCUT2D eigenvalue weighted by Gasteiger charge is -2.33. The van der Waals surface area contributed by atoms with Gasteiger partial charge >= 0.3 is 0 Å². The summed E-state index contributed by atoms with van der Waals surface area (Å²) in [5.74, 6) is -0.312. The Morgan fingerprint density at radius 2 is 2.29 bits per heavy atom. The lowest BCUT2D eigenvalue weighted by molar-refractivity contribution is 0.478. The highest BCUT2D eigenvalue weighted by molar-refractivity contribution is 5.85. The number of nitrogens with one attached hydrogen (secondary N) is 1. The third kappa shape index (κ3) is 3.09. The van der Waals surface area contributed by atoms with Gasteiger partial charge in [0, 0.05) is 25.7 Å². The molecule has 0 aromatic heterocycles. The zero-order valence-corrected chi connectivity index (χ0v) is 10.4. The standard InChI is InChI=1S/C12H14FN3.ClH/c1-9-8-16(5-4-15-9)12-3-2-10(7-14)6-11(12)13;/h2-3,6,9,15H,4-5,8H2,1H3;1H. The molecule has 17 heavy (non-hydrogen) atoms. The molecule has 1 N–H and O–H groups in total. The molecule has 0 saturated carbocycles. The van der Waals surface area contributed by atoms with Crippen molar-refractivity contribution in [3.8, 4) is 6.07 Å². The summed E-state index contributed by atoms with van der Waals surface area (Å²) in [6.07, 6.45) is 0. The average Bonchev–Trinajstić information content (AvgIpc) is 2.28. The van der Waals surface area contributed by atoms with Crippen molar-refractivity contribution in [2.45, 2.75) is 13.0 Å². The predicted molar refractivity (Wildman–Crippen MR) is 68.0 cm³/mol. The summed E-state index contributed by atoms with van der Waals surface area (Å²) in [7, 11) is 0. The highest BCUT2D eigenvalue weighted by atomic mass is 35.5. The van der Waals surface area contributed by atoms with Gasteiger partial charge in [-0.3, -0.25) is 0 Å². The van der Waals surface area contributed by atoms with Crippen LogP contribution in [0.1, 0.15) is 12.5 Å². The maximum Gasteiger partial charge on any atom is 0.147 e. The molecule has 0 bridgehead atoms. The molecular weight excluding hydrogens is 241 g/mol. The fourth-order valence-electron chi connectivity index (χ4n) is 1.98. The van der Waals surface area contributed by atoms with Crippen LogP contribution in [0.25, 0.3) is 0 Å². The van der Waals surface area contributed by atoms with Crippen molar-refractivity contribution < 1.29 is 4.39 Å². The van der Waals surface area contributed by atoms with Crippen molar-refractivity contribution in [1.29, 1.82) is 5.26 Å². The van der Waals surface area contributed by atoms with Crippen LogP contribution in [-0.2, 0) is 0 Å². The van der Waals surface area contributed by atoms with Crippen LogP contribution in [0.15, 0.2) is 18.2 Å². The third-order valence-electron chi connectivity index (χ3n) is 2.79. The van der Waals surface area contributed by atoms with Crippen molar-refractivity contribution in [3.05, 3.63) is 29.6 Å². The molecule has 1 aromatic rings. The maximum absolute atomic E-state index is 13.7. The number of hydrogen-bond acceptors (Lipinski definition) is 3. The predicted octanol–water partition coefficient (Wildman–Crippen LogP) is 1.92. The Bertz CT molecular complexity index is 430. The van der Waals surface area contributed by atoms with Gasteiger partial charge in [0.2, 0.25) is 0 Å². The first-order chi connectivity index (χ1) is 7.70. The van der Waals surface area contributed by atoms with Crippen LogP contribution in [0.4, 0.5) is 10.1 Å². The van der Waals surface area contributed by atoms with E-state index in [1.54, 1.807) is 12.1 Å². The molecule has 0 amide bonds. The molecule has 92 valence electrons. The molecule has 1 aliphatic rings. The number of anilines is 1. The largest absolute Gasteiger partial charge is 0.366 e. The van der Waals surface area contributed by atoms with Crippen LogP contribution in [0.2, 0.25) is 0 Å². The molecule has 0 spiro atoms. The Morgan fingerprint density at radius 1 is 1.53 bits per heavy atom. The van der Waals surface area contributed by atoms with E-state index in [1.165, 1.54) is 6.07 Å². The van der Waals surface area contributed by atoms with Gasteiger partial charge in [-0.05, 0) is 25.1 Å². The van der Waals surface area contributed by atoms with Crippen molar-refractivity contribution >= 4 is 18.1 Å². The van der Waals surface area contributed by atoms with Gasteiger partial charge in [-0.15, -0.1) is 12.4 Å². The molecule has 0 aliphatic carbocycles. The van der Waals surface area contributed by atoms with E-state index in [1.807, 2.05) is 11.0 Å². The molecule has 1 unspecified atom stereocenters. The monoisotopic (exact) mass is 255 g/mol. The first kappa shape index (κ1) is 13.8.